The molecule has 23 heavy (non-hydrogen) atoms. The number of hydrogen-bond acceptors (Lipinski definition) is 3. The van der Waals surface area contributed by atoms with Crippen LogP contribution in [0.5, 0.6) is 0 Å². The first-order valence-electron chi connectivity index (χ1n) is 8.23. The molecule has 0 fully saturated rings. The van der Waals surface area contributed by atoms with Gasteiger partial charge in [0.15, 0.2) is 0 Å². The number of esters is 1. The minimum absolute atomic E-state index is 0.234. The highest BCUT2D eigenvalue weighted by molar-refractivity contribution is 5.79. The van der Waals surface area contributed by atoms with E-state index in [1.165, 1.54) is 11.1 Å². The largest absolute Gasteiger partial charge is 0.459 e. The molecule has 0 amide bonds. The van der Waals surface area contributed by atoms with Crippen molar-refractivity contribution in [2.24, 2.45) is 0 Å². The van der Waals surface area contributed by atoms with E-state index in [4.69, 9.17) is 4.74 Å². The lowest BCUT2D eigenvalue weighted by Crippen LogP contribution is -2.29. The molecule has 0 radical (unpaired) electrons. The van der Waals surface area contributed by atoms with Crippen LogP contribution in [0.15, 0.2) is 48.5 Å². The number of anilines is 1. The molecule has 0 bridgehead atoms. The molecule has 2 rings (SSSR count). The van der Waals surface area contributed by atoms with Gasteiger partial charge in [-0.2, -0.15) is 0 Å². The van der Waals surface area contributed by atoms with E-state index in [0.29, 0.717) is 6.61 Å². The van der Waals surface area contributed by atoms with Gasteiger partial charge in [0, 0.05) is 5.69 Å². The van der Waals surface area contributed by atoms with E-state index in [2.05, 4.69) is 37.4 Å². The van der Waals surface area contributed by atoms with Crippen molar-refractivity contribution >= 4 is 11.7 Å². The highest BCUT2D eigenvalue weighted by Crippen LogP contribution is 2.23. The van der Waals surface area contributed by atoms with Gasteiger partial charge in [-0.3, -0.25) is 0 Å². The van der Waals surface area contributed by atoms with Crippen LogP contribution in [0.2, 0.25) is 0 Å². The maximum atomic E-state index is 12.2. The molecule has 2 aromatic carbocycles. The average Bonchev–Trinajstić information content (AvgIpc) is 2.60. The van der Waals surface area contributed by atoms with Crippen LogP contribution in [0.1, 0.15) is 37.5 Å². The molecule has 1 atom stereocenters. The second-order valence-corrected chi connectivity index (χ2v) is 5.62. The predicted molar refractivity (Wildman–Crippen MR) is 94.5 cm³/mol. The third-order valence-corrected chi connectivity index (χ3v) is 3.94. The Kier molecular flexibility index (Phi) is 6.21. The number of aryl methyl sites for hydroxylation is 2. The van der Waals surface area contributed by atoms with E-state index < -0.39 is 0 Å². The minimum Gasteiger partial charge on any atom is -0.459 e. The second-order valence-electron chi connectivity index (χ2n) is 5.62. The van der Waals surface area contributed by atoms with Crippen molar-refractivity contribution in [2.75, 3.05) is 5.32 Å². The number of carbonyl (C=O) groups excluding carboxylic acids is 1. The van der Waals surface area contributed by atoms with Crippen LogP contribution in [0.25, 0.3) is 0 Å². The zero-order chi connectivity index (χ0) is 16.7. The zero-order valence-corrected chi connectivity index (χ0v) is 14.1. The maximum Gasteiger partial charge on any atom is 0.328 e. The van der Waals surface area contributed by atoms with Crippen molar-refractivity contribution < 1.29 is 9.53 Å². The molecule has 122 valence electrons. The van der Waals surface area contributed by atoms with Crippen LogP contribution in [0.3, 0.4) is 0 Å². The van der Waals surface area contributed by atoms with Crippen LogP contribution >= 0.6 is 0 Å². The smallest absolute Gasteiger partial charge is 0.328 e. The first kappa shape index (κ1) is 17.1. The molecular formula is C20H25NO2. The molecule has 1 N–H and O–H groups in total. The number of para-hydroxylation sites is 1. The van der Waals surface area contributed by atoms with Gasteiger partial charge in [-0.05, 0) is 36.5 Å². The Hall–Kier alpha value is -2.29. The van der Waals surface area contributed by atoms with Gasteiger partial charge in [0.1, 0.15) is 12.6 Å². The van der Waals surface area contributed by atoms with Gasteiger partial charge < -0.3 is 10.1 Å². The summed E-state index contributed by atoms with van der Waals surface area (Å²) in [6, 6.07) is 15.6. The normalized spacial score (nSPS) is 11.8. The lowest BCUT2D eigenvalue weighted by Gasteiger charge is -2.19. The van der Waals surface area contributed by atoms with Gasteiger partial charge in [-0.25, -0.2) is 4.79 Å². The third kappa shape index (κ3) is 4.59. The van der Waals surface area contributed by atoms with Crippen molar-refractivity contribution in [2.45, 2.75) is 46.3 Å². The molecule has 0 saturated carbocycles. The molecular weight excluding hydrogens is 286 g/mol. The fourth-order valence-corrected chi connectivity index (χ4v) is 2.56. The Balaban J connectivity index is 2.01. The number of carbonyl (C=O) groups is 1. The molecule has 0 aromatic heterocycles. The van der Waals surface area contributed by atoms with Crippen molar-refractivity contribution in [3.63, 3.8) is 0 Å². The van der Waals surface area contributed by atoms with Gasteiger partial charge in [0.25, 0.3) is 0 Å². The zero-order valence-electron chi connectivity index (χ0n) is 14.1. The summed E-state index contributed by atoms with van der Waals surface area (Å²) in [5.41, 5.74) is 4.53. The van der Waals surface area contributed by atoms with Crippen molar-refractivity contribution in [3.8, 4) is 0 Å². The van der Waals surface area contributed by atoms with Crippen molar-refractivity contribution in [3.05, 3.63) is 65.2 Å². The summed E-state index contributed by atoms with van der Waals surface area (Å²) in [7, 11) is 0. The lowest BCUT2D eigenvalue weighted by atomic mass is 10.0. The van der Waals surface area contributed by atoms with Crippen LogP contribution in [0, 0.1) is 0 Å². The summed E-state index contributed by atoms with van der Waals surface area (Å²) in [4.78, 5) is 12.2. The highest BCUT2D eigenvalue weighted by Gasteiger charge is 2.17. The fourth-order valence-electron chi connectivity index (χ4n) is 2.56. The Bertz CT molecular complexity index is 615. The quantitative estimate of drug-likeness (QED) is 0.772. The van der Waals surface area contributed by atoms with E-state index >= 15 is 0 Å². The molecule has 1 unspecified atom stereocenters. The van der Waals surface area contributed by atoms with Crippen molar-refractivity contribution in [1.29, 1.82) is 0 Å². The first-order valence-corrected chi connectivity index (χ1v) is 8.23. The van der Waals surface area contributed by atoms with Gasteiger partial charge in [-0.15, -0.1) is 0 Å². The van der Waals surface area contributed by atoms with Gasteiger partial charge >= 0.3 is 5.97 Å². The van der Waals surface area contributed by atoms with E-state index in [0.717, 1.165) is 24.1 Å². The topological polar surface area (TPSA) is 38.3 Å². The molecule has 0 aliphatic carbocycles. The Morgan fingerprint density at radius 3 is 2.17 bits per heavy atom. The summed E-state index contributed by atoms with van der Waals surface area (Å²) in [5.74, 6) is -0.234. The van der Waals surface area contributed by atoms with Gasteiger partial charge in [-0.1, -0.05) is 62.4 Å². The van der Waals surface area contributed by atoms with Crippen LogP contribution in [-0.4, -0.2) is 12.0 Å². The Labute approximate surface area is 138 Å². The monoisotopic (exact) mass is 311 g/mol. The van der Waals surface area contributed by atoms with Crippen LogP contribution < -0.4 is 5.32 Å². The summed E-state index contributed by atoms with van der Waals surface area (Å²) in [5, 5.41) is 3.34. The molecule has 0 saturated heterocycles. The molecule has 0 aliphatic rings. The summed E-state index contributed by atoms with van der Waals surface area (Å²) < 4.78 is 5.41. The second kappa shape index (κ2) is 8.37. The van der Waals surface area contributed by atoms with E-state index in [1.807, 2.05) is 37.3 Å². The van der Waals surface area contributed by atoms with Crippen LogP contribution in [0.4, 0.5) is 5.69 Å². The van der Waals surface area contributed by atoms with Crippen LogP contribution in [-0.2, 0) is 29.0 Å². The van der Waals surface area contributed by atoms with E-state index in [-0.39, 0.29) is 12.0 Å². The standard InChI is InChI=1S/C20H25NO2/c1-4-17-12-9-13-18(5-2)19(17)21-15(3)20(22)23-14-16-10-7-6-8-11-16/h6-13,15,21H,4-5,14H2,1-3H3. The predicted octanol–water partition coefficient (Wildman–Crippen LogP) is 4.36. The van der Waals surface area contributed by atoms with Gasteiger partial charge in [0.05, 0.1) is 0 Å². The highest BCUT2D eigenvalue weighted by atomic mass is 16.5. The van der Waals surface area contributed by atoms with Gasteiger partial charge in [0.2, 0.25) is 0 Å². The minimum atomic E-state index is -0.378. The van der Waals surface area contributed by atoms with Crippen molar-refractivity contribution in [1.82, 2.24) is 0 Å². The molecule has 2 aromatic rings. The maximum absolute atomic E-state index is 12.2. The summed E-state index contributed by atoms with van der Waals surface area (Å²) >= 11 is 0. The number of benzene rings is 2. The number of hydrogen-bond donors (Lipinski definition) is 1. The molecule has 0 heterocycles. The Morgan fingerprint density at radius 2 is 1.61 bits per heavy atom. The SMILES string of the molecule is CCc1cccc(CC)c1NC(C)C(=O)OCc1ccccc1. The number of nitrogens with one attached hydrogen (secondary N) is 1. The summed E-state index contributed by atoms with van der Waals surface area (Å²) in [6.45, 7) is 6.40. The fraction of sp³-hybridized carbons (Fsp3) is 0.350. The Morgan fingerprint density at radius 1 is 1.00 bits per heavy atom. The molecule has 0 spiro atoms. The molecule has 0 aliphatic heterocycles. The number of rotatable bonds is 7. The van der Waals surface area contributed by atoms with E-state index in [9.17, 15) is 4.79 Å². The average molecular weight is 311 g/mol. The molecule has 3 nitrogen and oxygen atoms in total. The first-order chi connectivity index (χ1) is 11.2. The van der Waals surface area contributed by atoms with E-state index in [1.54, 1.807) is 0 Å². The molecule has 3 heteroatoms. The summed E-state index contributed by atoms with van der Waals surface area (Å²) in [6.07, 6.45) is 1.86. The lowest BCUT2D eigenvalue weighted by molar-refractivity contribution is -0.145. The number of ether oxygens (including phenoxy) is 1. The third-order valence-electron chi connectivity index (χ3n) is 3.94.